The van der Waals surface area contributed by atoms with E-state index in [1.54, 1.807) is 18.2 Å². The van der Waals surface area contributed by atoms with Gasteiger partial charge in [0.25, 0.3) is 0 Å². The quantitative estimate of drug-likeness (QED) is 0.311. The number of rotatable bonds is 10. The van der Waals surface area contributed by atoms with Crippen LogP contribution < -0.4 is 0 Å². The van der Waals surface area contributed by atoms with Gasteiger partial charge in [0.15, 0.2) is 0 Å². The maximum absolute atomic E-state index is 14.0. The van der Waals surface area contributed by atoms with Gasteiger partial charge in [0.2, 0.25) is 0 Å². The van der Waals surface area contributed by atoms with Gasteiger partial charge in [-0.05, 0) is 60.6 Å². The maximum atomic E-state index is 14.0. The largest absolute Gasteiger partial charge is 0.507 e. The molecule has 3 N–H and O–H groups in total. The minimum absolute atomic E-state index is 0.0174. The normalized spacial score (nSPS) is 13.9. The smallest absolute Gasteiger partial charge is 0.303 e. The van der Waals surface area contributed by atoms with Crippen LogP contribution >= 0.6 is 11.6 Å². The number of alkyl halides is 1. The number of carbonyl (C=O) groups is 1. The van der Waals surface area contributed by atoms with Crippen molar-refractivity contribution in [3.63, 3.8) is 0 Å². The van der Waals surface area contributed by atoms with Crippen LogP contribution in [0.5, 0.6) is 5.75 Å². The number of aliphatic hydroxyl groups excluding tert-OH is 1. The lowest BCUT2D eigenvalue weighted by atomic mass is 9.70. The molecule has 3 rings (SSSR count). The fourth-order valence-corrected chi connectivity index (χ4v) is 4.91. The summed E-state index contributed by atoms with van der Waals surface area (Å²) in [5.74, 6) is -1.58. The third-order valence-corrected chi connectivity index (χ3v) is 6.82. The Morgan fingerprint density at radius 1 is 1.15 bits per heavy atom. The summed E-state index contributed by atoms with van der Waals surface area (Å²) in [4.78, 5) is 11.5. The Hall–Kier alpha value is -2.64. The Balaban J connectivity index is 2.51. The van der Waals surface area contributed by atoms with Crippen molar-refractivity contribution < 1.29 is 28.9 Å². The summed E-state index contributed by atoms with van der Waals surface area (Å²) in [5, 5.41) is 31.2. The van der Waals surface area contributed by atoms with Crippen molar-refractivity contribution in [1.29, 1.82) is 0 Å². The Labute approximate surface area is 202 Å². The van der Waals surface area contributed by atoms with Crippen molar-refractivity contribution >= 4 is 28.5 Å². The van der Waals surface area contributed by atoms with Crippen molar-refractivity contribution in [3.8, 4) is 11.4 Å². The SMILES string of the molecule is CC(C)(CO)c1c([C@](C)(CCCF)CCC(=O)O)c2c(O)cccc2n1-c1ccc(F)c(Cl)c1. The van der Waals surface area contributed by atoms with Gasteiger partial charge in [-0.15, -0.1) is 0 Å². The van der Waals surface area contributed by atoms with Crippen LogP contribution in [0.1, 0.15) is 57.7 Å². The van der Waals surface area contributed by atoms with E-state index in [2.05, 4.69) is 0 Å². The van der Waals surface area contributed by atoms with Crippen LogP contribution in [0.4, 0.5) is 8.78 Å². The molecule has 0 spiro atoms. The van der Waals surface area contributed by atoms with Gasteiger partial charge in [-0.2, -0.15) is 0 Å². The molecule has 1 heterocycles. The number of aliphatic carboxylic acids is 1. The highest BCUT2D eigenvalue weighted by Crippen LogP contribution is 2.49. The summed E-state index contributed by atoms with van der Waals surface area (Å²) in [6, 6.07) is 9.28. The van der Waals surface area contributed by atoms with Gasteiger partial charge in [0.1, 0.15) is 11.6 Å². The molecule has 0 aliphatic heterocycles. The van der Waals surface area contributed by atoms with Crippen LogP contribution in [0.2, 0.25) is 5.02 Å². The molecule has 1 aromatic heterocycles. The van der Waals surface area contributed by atoms with Crippen LogP contribution in [0, 0.1) is 5.82 Å². The lowest BCUT2D eigenvalue weighted by Gasteiger charge is -2.35. The molecule has 2 aromatic carbocycles. The van der Waals surface area contributed by atoms with E-state index in [-0.39, 0.29) is 36.6 Å². The third kappa shape index (κ3) is 4.77. The zero-order valence-electron chi connectivity index (χ0n) is 19.5. The third-order valence-electron chi connectivity index (χ3n) is 6.53. The molecule has 0 unspecified atom stereocenters. The van der Waals surface area contributed by atoms with Gasteiger partial charge < -0.3 is 19.9 Å². The number of nitrogens with zero attached hydrogens (tertiary/aromatic N) is 1. The Morgan fingerprint density at radius 3 is 2.44 bits per heavy atom. The van der Waals surface area contributed by atoms with Gasteiger partial charge >= 0.3 is 5.97 Å². The molecule has 184 valence electrons. The number of aliphatic hydroxyl groups is 1. The van der Waals surface area contributed by atoms with Crippen molar-refractivity contribution in [2.45, 2.75) is 57.3 Å². The monoisotopic (exact) mass is 493 g/mol. The first-order valence-electron chi connectivity index (χ1n) is 11.2. The van der Waals surface area contributed by atoms with Gasteiger partial charge in [-0.25, -0.2) is 4.39 Å². The first-order valence-corrected chi connectivity index (χ1v) is 11.6. The summed E-state index contributed by atoms with van der Waals surface area (Å²) >= 11 is 6.10. The van der Waals surface area contributed by atoms with Crippen LogP contribution in [0.15, 0.2) is 36.4 Å². The molecule has 5 nitrogen and oxygen atoms in total. The molecule has 0 aliphatic rings. The molecular formula is C26H30ClF2NO4. The first kappa shape index (κ1) is 26.0. The summed E-state index contributed by atoms with van der Waals surface area (Å²) in [6.07, 6.45) is 0.597. The molecule has 0 radical (unpaired) electrons. The molecule has 8 heteroatoms. The van der Waals surface area contributed by atoms with Gasteiger partial charge in [0, 0.05) is 28.6 Å². The van der Waals surface area contributed by atoms with Crippen molar-refractivity contribution in [2.75, 3.05) is 13.3 Å². The highest BCUT2D eigenvalue weighted by Gasteiger charge is 2.40. The van der Waals surface area contributed by atoms with E-state index in [4.69, 9.17) is 11.6 Å². The minimum Gasteiger partial charge on any atom is -0.507 e. The number of aromatic nitrogens is 1. The highest BCUT2D eigenvalue weighted by molar-refractivity contribution is 6.30. The summed E-state index contributed by atoms with van der Waals surface area (Å²) < 4.78 is 29.1. The zero-order valence-corrected chi connectivity index (χ0v) is 20.3. The number of carboxylic acid groups (broad SMARTS) is 1. The number of hydrogen-bond donors (Lipinski definition) is 3. The number of phenols is 1. The average molecular weight is 494 g/mol. The van der Waals surface area contributed by atoms with Crippen molar-refractivity contribution in [1.82, 2.24) is 4.57 Å². The number of aromatic hydroxyl groups is 1. The van der Waals surface area contributed by atoms with E-state index in [0.29, 0.717) is 34.3 Å². The second kappa shape index (κ2) is 9.92. The predicted molar refractivity (Wildman–Crippen MR) is 129 cm³/mol. The molecule has 0 saturated carbocycles. The maximum Gasteiger partial charge on any atom is 0.303 e. The highest BCUT2D eigenvalue weighted by atomic mass is 35.5. The Morgan fingerprint density at radius 2 is 1.85 bits per heavy atom. The first-order chi connectivity index (χ1) is 16.0. The fourth-order valence-electron chi connectivity index (χ4n) is 4.73. The zero-order chi connectivity index (χ0) is 25.3. The molecule has 0 bridgehead atoms. The lowest BCUT2D eigenvalue weighted by Crippen LogP contribution is -2.32. The Bertz CT molecular complexity index is 1210. The van der Waals surface area contributed by atoms with Gasteiger partial charge in [-0.1, -0.05) is 38.4 Å². The molecule has 0 saturated heterocycles. The molecule has 0 fully saturated rings. The average Bonchev–Trinajstić information content (AvgIpc) is 3.16. The van der Waals surface area contributed by atoms with Crippen LogP contribution in [-0.2, 0) is 15.6 Å². The molecule has 34 heavy (non-hydrogen) atoms. The molecule has 1 atom stereocenters. The van der Waals surface area contributed by atoms with Gasteiger partial charge in [0.05, 0.1) is 23.8 Å². The molecule has 0 amide bonds. The van der Waals surface area contributed by atoms with Crippen LogP contribution in [0.25, 0.3) is 16.6 Å². The fraction of sp³-hybridized carbons (Fsp3) is 0.423. The van der Waals surface area contributed by atoms with Crippen LogP contribution in [0.3, 0.4) is 0 Å². The lowest BCUT2D eigenvalue weighted by molar-refractivity contribution is -0.137. The number of carboxylic acids is 1. The van der Waals surface area contributed by atoms with E-state index in [1.807, 2.05) is 25.3 Å². The number of fused-ring (bicyclic) bond motifs is 1. The van der Waals surface area contributed by atoms with Crippen LogP contribution in [-0.4, -0.2) is 39.1 Å². The minimum atomic E-state index is -0.979. The van der Waals surface area contributed by atoms with E-state index in [0.717, 1.165) is 0 Å². The topological polar surface area (TPSA) is 82.7 Å². The van der Waals surface area contributed by atoms with E-state index < -0.39 is 29.3 Å². The van der Waals surface area contributed by atoms with E-state index in [1.165, 1.54) is 18.2 Å². The molecular weight excluding hydrogens is 464 g/mol. The van der Waals surface area contributed by atoms with E-state index in [9.17, 15) is 28.9 Å². The molecule has 3 aromatic rings. The summed E-state index contributed by atoms with van der Waals surface area (Å²) in [6.45, 7) is 4.70. The Kier molecular flexibility index (Phi) is 7.58. The number of hydrogen-bond acceptors (Lipinski definition) is 3. The second-order valence-electron chi connectivity index (χ2n) is 9.62. The summed E-state index contributed by atoms with van der Waals surface area (Å²) in [7, 11) is 0. The van der Waals surface area contributed by atoms with Crippen molar-refractivity contribution in [3.05, 3.63) is 58.5 Å². The standard InChI is InChI=1S/C26H30ClF2NO4/c1-25(2,15-31)24-23(26(3,11-5-13-28)12-10-21(33)34)22-19(6-4-7-20(22)32)30(24)16-8-9-18(29)17(27)14-16/h4,6-9,14,31-32H,5,10-13,15H2,1-3H3,(H,33,34)/t26-/m1/s1. The number of benzene rings is 2. The van der Waals surface area contributed by atoms with Gasteiger partial charge in [-0.3, -0.25) is 9.18 Å². The predicted octanol–water partition coefficient (Wildman–Crippen LogP) is 6.27. The summed E-state index contributed by atoms with van der Waals surface area (Å²) in [5.41, 5.74) is 0.697. The van der Waals surface area contributed by atoms with Crippen molar-refractivity contribution in [2.24, 2.45) is 0 Å². The molecule has 0 aliphatic carbocycles. The number of phenolic OH excluding ortho intramolecular Hbond substituents is 1. The second-order valence-corrected chi connectivity index (χ2v) is 10.0. The van der Waals surface area contributed by atoms with E-state index >= 15 is 0 Å². The number of halogens is 3.